The lowest BCUT2D eigenvalue weighted by Crippen LogP contribution is -2.40. The predicted octanol–water partition coefficient (Wildman–Crippen LogP) is 4.08. The Labute approximate surface area is 158 Å². The Morgan fingerprint density at radius 3 is 2.77 bits per heavy atom. The van der Waals surface area contributed by atoms with E-state index in [1.807, 2.05) is 37.3 Å². The van der Waals surface area contributed by atoms with E-state index in [0.29, 0.717) is 36.3 Å². The number of hydrogen-bond donors (Lipinski definition) is 1. The Morgan fingerprint density at radius 2 is 2.08 bits per heavy atom. The van der Waals surface area contributed by atoms with Gasteiger partial charge in [-0.25, -0.2) is 4.98 Å². The van der Waals surface area contributed by atoms with Gasteiger partial charge in [-0.15, -0.1) is 0 Å². The number of aryl methyl sites for hydroxylation is 1. The summed E-state index contributed by atoms with van der Waals surface area (Å²) in [4.78, 5) is 4.40. The minimum absolute atomic E-state index is 0.173. The van der Waals surface area contributed by atoms with Crippen molar-refractivity contribution in [3.05, 3.63) is 52.2 Å². The van der Waals surface area contributed by atoms with Crippen molar-refractivity contribution in [1.82, 2.24) is 4.98 Å². The first-order valence-corrected chi connectivity index (χ1v) is 8.99. The van der Waals surface area contributed by atoms with E-state index in [2.05, 4.69) is 16.4 Å². The van der Waals surface area contributed by atoms with E-state index < -0.39 is 0 Å². The maximum atomic E-state index is 9.20. The van der Waals surface area contributed by atoms with Gasteiger partial charge in [-0.1, -0.05) is 17.7 Å². The Hall–Kier alpha value is -2.29. The number of anilines is 1. The van der Waals surface area contributed by atoms with Gasteiger partial charge in [-0.3, -0.25) is 0 Å². The Morgan fingerprint density at radius 1 is 1.31 bits per heavy atom. The first-order valence-electron chi connectivity index (χ1n) is 8.61. The second kappa shape index (κ2) is 7.94. The zero-order valence-corrected chi connectivity index (χ0v) is 15.8. The van der Waals surface area contributed by atoms with Crippen LogP contribution in [0.25, 0.3) is 0 Å². The molecule has 1 aliphatic rings. The van der Waals surface area contributed by atoms with Gasteiger partial charge in [0.15, 0.2) is 0 Å². The van der Waals surface area contributed by atoms with Crippen molar-refractivity contribution in [3.8, 4) is 11.8 Å². The summed E-state index contributed by atoms with van der Waals surface area (Å²) in [6.07, 6.45) is 1.71. The van der Waals surface area contributed by atoms with Gasteiger partial charge in [0.05, 0.1) is 7.11 Å². The van der Waals surface area contributed by atoms with Gasteiger partial charge in [0.25, 0.3) is 0 Å². The predicted molar refractivity (Wildman–Crippen MR) is 102 cm³/mol. The lowest BCUT2D eigenvalue weighted by atomic mass is 9.73. The van der Waals surface area contributed by atoms with Crippen LogP contribution in [0, 0.1) is 18.3 Å². The fraction of sp³-hybridized carbons (Fsp3) is 0.400. The van der Waals surface area contributed by atoms with Crippen LogP contribution >= 0.6 is 11.6 Å². The Bertz CT molecular complexity index is 826. The highest BCUT2D eigenvalue weighted by Gasteiger charge is 2.37. The summed E-state index contributed by atoms with van der Waals surface area (Å²) in [5.74, 6) is 1.52. The Kier molecular flexibility index (Phi) is 5.65. The molecule has 1 fully saturated rings. The number of nitrogens with zero attached hydrogens (tertiary/aromatic N) is 2. The molecule has 26 heavy (non-hydrogen) atoms. The molecule has 1 aliphatic heterocycles. The molecule has 2 aromatic rings. The van der Waals surface area contributed by atoms with Gasteiger partial charge in [0.1, 0.15) is 23.3 Å². The number of rotatable bonds is 5. The summed E-state index contributed by atoms with van der Waals surface area (Å²) in [5.41, 5.74) is 2.22. The van der Waals surface area contributed by atoms with Gasteiger partial charge in [-0.2, -0.15) is 5.26 Å². The van der Waals surface area contributed by atoms with Gasteiger partial charge < -0.3 is 14.8 Å². The molecule has 1 aromatic carbocycles. The molecule has 6 heteroatoms. The number of aromatic nitrogens is 1. The standard InChI is InChI=1S/C20H22ClN3O2/c1-14-3-6-19(24-17(14)12-22)23-13-20(7-9-26-10-8-20)16-11-15(21)4-5-18(16)25-2/h3-6,11H,7-10,13H2,1-2H3,(H,23,24). The summed E-state index contributed by atoms with van der Waals surface area (Å²) < 4.78 is 11.2. The highest BCUT2D eigenvalue weighted by atomic mass is 35.5. The minimum Gasteiger partial charge on any atom is -0.496 e. The number of nitriles is 1. The summed E-state index contributed by atoms with van der Waals surface area (Å²) >= 11 is 6.27. The van der Waals surface area contributed by atoms with Gasteiger partial charge in [0.2, 0.25) is 0 Å². The molecule has 1 saturated heterocycles. The zero-order chi connectivity index (χ0) is 18.6. The molecule has 1 N–H and O–H groups in total. The van der Waals surface area contributed by atoms with E-state index in [4.69, 9.17) is 21.1 Å². The van der Waals surface area contributed by atoms with E-state index >= 15 is 0 Å². The van der Waals surface area contributed by atoms with Crippen LogP contribution in [0.15, 0.2) is 30.3 Å². The second-order valence-corrected chi connectivity index (χ2v) is 7.00. The molecular weight excluding hydrogens is 350 g/mol. The van der Waals surface area contributed by atoms with Crippen molar-refractivity contribution < 1.29 is 9.47 Å². The van der Waals surface area contributed by atoms with Crippen molar-refractivity contribution in [2.45, 2.75) is 25.2 Å². The first-order chi connectivity index (χ1) is 12.6. The number of methoxy groups -OCH3 is 1. The van der Waals surface area contributed by atoms with Gasteiger partial charge >= 0.3 is 0 Å². The molecule has 0 spiro atoms. The quantitative estimate of drug-likeness (QED) is 0.857. The zero-order valence-electron chi connectivity index (χ0n) is 15.0. The topological polar surface area (TPSA) is 67.2 Å². The van der Waals surface area contributed by atoms with Crippen molar-refractivity contribution in [2.24, 2.45) is 0 Å². The van der Waals surface area contributed by atoms with Crippen LogP contribution in [0.5, 0.6) is 5.75 Å². The van der Waals surface area contributed by atoms with Crippen LogP contribution in [-0.4, -0.2) is 31.9 Å². The third kappa shape index (κ3) is 3.77. The van der Waals surface area contributed by atoms with Crippen LogP contribution in [0.2, 0.25) is 5.02 Å². The molecule has 2 heterocycles. The molecule has 0 atom stereocenters. The maximum Gasteiger partial charge on any atom is 0.145 e. The number of pyridine rings is 1. The van der Waals surface area contributed by atoms with Crippen LogP contribution < -0.4 is 10.1 Å². The SMILES string of the molecule is COc1ccc(Cl)cc1C1(CNc2ccc(C)c(C#N)n2)CCOCC1. The molecule has 0 saturated carbocycles. The van der Waals surface area contributed by atoms with E-state index in [1.54, 1.807) is 7.11 Å². The fourth-order valence-corrected chi connectivity index (χ4v) is 3.57. The molecule has 3 rings (SSSR count). The number of ether oxygens (including phenoxy) is 2. The molecule has 5 nitrogen and oxygen atoms in total. The number of benzene rings is 1. The molecular formula is C20H22ClN3O2. The smallest absolute Gasteiger partial charge is 0.145 e. The van der Waals surface area contributed by atoms with E-state index in [9.17, 15) is 5.26 Å². The van der Waals surface area contributed by atoms with Crippen molar-refractivity contribution >= 4 is 17.4 Å². The highest BCUT2D eigenvalue weighted by molar-refractivity contribution is 6.30. The highest BCUT2D eigenvalue weighted by Crippen LogP contribution is 2.41. The molecule has 0 radical (unpaired) electrons. The van der Waals surface area contributed by atoms with Crippen LogP contribution in [0.3, 0.4) is 0 Å². The second-order valence-electron chi connectivity index (χ2n) is 6.56. The normalized spacial score (nSPS) is 15.9. The van der Waals surface area contributed by atoms with Crippen molar-refractivity contribution in [3.63, 3.8) is 0 Å². The summed E-state index contributed by atoms with van der Waals surface area (Å²) in [6, 6.07) is 11.7. The third-order valence-corrected chi connectivity index (χ3v) is 5.23. The lowest BCUT2D eigenvalue weighted by Gasteiger charge is -2.39. The van der Waals surface area contributed by atoms with Gasteiger partial charge in [0, 0.05) is 35.8 Å². The monoisotopic (exact) mass is 371 g/mol. The summed E-state index contributed by atoms with van der Waals surface area (Å²) in [5, 5.41) is 13.3. The fourth-order valence-electron chi connectivity index (χ4n) is 3.40. The van der Waals surface area contributed by atoms with Crippen LogP contribution in [0.1, 0.15) is 29.7 Å². The number of hydrogen-bond acceptors (Lipinski definition) is 5. The Balaban J connectivity index is 1.92. The molecule has 0 amide bonds. The maximum absolute atomic E-state index is 9.20. The first kappa shape index (κ1) is 18.5. The van der Waals surface area contributed by atoms with Gasteiger partial charge in [-0.05, 0) is 49.6 Å². The van der Waals surface area contributed by atoms with E-state index in [-0.39, 0.29) is 5.41 Å². The van der Waals surface area contributed by atoms with E-state index in [1.165, 1.54) is 0 Å². The molecule has 0 bridgehead atoms. The average molecular weight is 372 g/mol. The summed E-state index contributed by atoms with van der Waals surface area (Å²) in [7, 11) is 1.67. The number of halogens is 1. The summed E-state index contributed by atoms with van der Waals surface area (Å²) in [6.45, 7) is 3.91. The van der Waals surface area contributed by atoms with Crippen molar-refractivity contribution in [1.29, 1.82) is 5.26 Å². The van der Waals surface area contributed by atoms with Crippen LogP contribution in [-0.2, 0) is 10.2 Å². The van der Waals surface area contributed by atoms with Crippen molar-refractivity contribution in [2.75, 3.05) is 32.2 Å². The third-order valence-electron chi connectivity index (χ3n) is 4.99. The number of nitrogens with one attached hydrogen (secondary N) is 1. The molecule has 0 aliphatic carbocycles. The largest absolute Gasteiger partial charge is 0.496 e. The van der Waals surface area contributed by atoms with Crippen LogP contribution in [0.4, 0.5) is 5.82 Å². The molecule has 136 valence electrons. The molecule has 1 aromatic heterocycles. The average Bonchev–Trinajstić information content (AvgIpc) is 2.68. The molecule has 0 unspecified atom stereocenters. The minimum atomic E-state index is -0.173. The lowest BCUT2D eigenvalue weighted by molar-refractivity contribution is 0.0535. The van der Waals surface area contributed by atoms with E-state index in [0.717, 1.165) is 29.7 Å².